The second kappa shape index (κ2) is 5.78. The Hall–Kier alpha value is -0.800. The average molecular weight is 205 g/mol. The van der Waals surface area contributed by atoms with Crippen molar-refractivity contribution >= 4 is 0 Å². The predicted molar refractivity (Wildman–Crippen MR) is 45.5 cm³/mol. The van der Waals surface area contributed by atoms with Gasteiger partial charge in [0, 0.05) is 6.54 Å². The Morgan fingerprint density at radius 2 is 1.92 bits per heavy atom. The van der Waals surface area contributed by atoms with Crippen molar-refractivity contribution in [1.29, 1.82) is 0 Å². The molecule has 0 aromatic heterocycles. The normalized spacial score (nSPS) is 11.6. The standard InChI is InChI=1S/C9H12FNO.ClH/c1-7(6-11)12-9-4-2-8(10)3-5-9;/h2-5,7H,6,11H2,1H3;1H/p-1. The molecule has 0 aliphatic heterocycles. The summed E-state index contributed by atoms with van der Waals surface area (Å²) in [5.41, 5.74) is 5.35. The molecule has 0 saturated heterocycles. The molecule has 0 bridgehead atoms. The van der Waals surface area contributed by atoms with E-state index in [-0.39, 0.29) is 24.3 Å². The van der Waals surface area contributed by atoms with Crippen molar-refractivity contribution in [1.82, 2.24) is 0 Å². The third-order valence-corrected chi connectivity index (χ3v) is 1.48. The van der Waals surface area contributed by atoms with E-state index >= 15 is 0 Å². The molecule has 1 rings (SSSR count). The molecule has 0 fully saturated rings. The summed E-state index contributed by atoms with van der Waals surface area (Å²) >= 11 is 0. The predicted octanol–water partition coefficient (Wildman–Crippen LogP) is -1.44. The molecule has 2 N–H and O–H groups in total. The van der Waals surface area contributed by atoms with E-state index in [1.165, 1.54) is 12.1 Å². The molecule has 0 aliphatic rings. The average Bonchev–Trinajstić information content (AvgIpc) is 2.09. The van der Waals surface area contributed by atoms with Gasteiger partial charge in [-0.25, -0.2) is 4.39 Å². The van der Waals surface area contributed by atoms with Gasteiger partial charge in [0.2, 0.25) is 0 Å². The van der Waals surface area contributed by atoms with Crippen LogP contribution in [0.4, 0.5) is 4.39 Å². The summed E-state index contributed by atoms with van der Waals surface area (Å²) in [5, 5.41) is 0. The van der Waals surface area contributed by atoms with Crippen LogP contribution in [0.5, 0.6) is 5.75 Å². The SMILES string of the molecule is CC(CN)Oc1ccc(F)cc1.[Cl-]. The fourth-order valence-electron chi connectivity index (χ4n) is 0.794. The van der Waals surface area contributed by atoms with Crippen LogP contribution in [0, 0.1) is 5.82 Å². The quantitative estimate of drug-likeness (QED) is 0.655. The molecule has 1 atom stereocenters. The van der Waals surface area contributed by atoms with Crippen LogP contribution in [0.15, 0.2) is 24.3 Å². The van der Waals surface area contributed by atoms with Gasteiger partial charge in [0.1, 0.15) is 17.7 Å². The molecule has 0 spiro atoms. The van der Waals surface area contributed by atoms with Gasteiger partial charge in [0.15, 0.2) is 0 Å². The van der Waals surface area contributed by atoms with Crippen molar-refractivity contribution in [3.8, 4) is 5.75 Å². The van der Waals surface area contributed by atoms with Crippen LogP contribution in [-0.4, -0.2) is 12.6 Å². The molecule has 0 heterocycles. The molecule has 4 heteroatoms. The van der Waals surface area contributed by atoms with Gasteiger partial charge in [0.25, 0.3) is 0 Å². The van der Waals surface area contributed by atoms with Crippen molar-refractivity contribution in [2.24, 2.45) is 5.73 Å². The van der Waals surface area contributed by atoms with Gasteiger partial charge >= 0.3 is 0 Å². The van der Waals surface area contributed by atoms with Gasteiger partial charge in [0.05, 0.1) is 0 Å². The summed E-state index contributed by atoms with van der Waals surface area (Å²) in [6.07, 6.45) is -0.0320. The van der Waals surface area contributed by atoms with Crippen LogP contribution in [0.25, 0.3) is 0 Å². The molecule has 0 amide bonds. The van der Waals surface area contributed by atoms with E-state index in [0.717, 1.165) is 0 Å². The minimum Gasteiger partial charge on any atom is -1.00 e. The van der Waals surface area contributed by atoms with Gasteiger partial charge in [-0.05, 0) is 31.2 Å². The maximum Gasteiger partial charge on any atom is 0.123 e. The van der Waals surface area contributed by atoms with Crippen LogP contribution in [0.2, 0.25) is 0 Å². The summed E-state index contributed by atoms with van der Waals surface area (Å²) in [6, 6.07) is 5.89. The van der Waals surface area contributed by atoms with Crippen LogP contribution in [0.3, 0.4) is 0 Å². The number of ether oxygens (including phenoxy) is 1. The summed E-state index contributed by atoms with van der Waals surface area (Å²) in [5.74, 6) is 0.386. The van der Waals surface area contributed by atoms with Gasteiger partial charge < -0.3 is 22.9 Å². The summed E-state index contributed by atoms with van der Waals surface area (Å²) in [6.45, 7) is 2.32. The molecule has 13 heavy (non-hydrogen) atoms. The fourth-order valence-corrected chi connectivity index (χ4v) is 0.794. The van der Waals surface area contributed by atoms with E-state index in [1.54, 1.807) is 12.1 Å². The fraction of sp³-hybridized carbons (Fsp3) is 0.333. The lowest BCUT2D eigenvalue weighted by Gasteiger charge is -2.11. The number of halogens is 2. The number of rotatable bonds is 3. The highest BCUT2D eigenvalue weighted by Crippen LogP contribution is 2.12. The van der Waals surface area contributed by atoms with Crippen LogP contribution in [0.1, 0.15) is 6.92 Å². The zero-order valence-electron chi connectivity index (χ0n) is 7.34. The second-order valence-electron chi connectivity index (χ2n) is 2.62. The zero-order chi connectivity index (χ0) is 8.97. The first-order valence-corrected chi connectivity index (χ1v) is 3.84. The summed E-state index contributed by atoms with van der Waals surface area (Å²) in [4.78, 5) is 0. The maximum absolute atomic E-state index is 12.4. The monoisotopic (exact) mass is 204 g/mol. The van der Waals surface area contributed by atoms with Gasteiger partial charge in [-0.2, -0.15) is 0 Å². The van der Waals surface area contributed by atoms with E-state index < -0.39 is 0 Å². The van der Waals surface area contributed by atoms with Crippen molar-refractivity contribution in [3.05, 3.63) is 30.1 Å². The Morgan fingerprint density at radius 1 is 1.38 bits per heavy atom. The van der Waals surface area contributed by atoms with Crippen LogP contribution < -0.4 is 22.9 Å². The largest absolute Gasteiger partial charge is 1.00 e. The number of nitrogens with two attached hydrogens (primary N) is 1. The highest BCUT2D eigenvalue weighted by molar-refractivity contribution is 5.22. The highest BCUT2D eigenvalue weighted by atomic mass is 35.5. The molecule has 0 radical (unpaired) electrons. The summed E-state index contributed by atoms with van der Waals surface area (Å²) < 4.78 is 17.8. The van der Waals surface area contributed by atoms with E-state index in [1.807, 2.05) is 6.92 Å². The number of hydrogen-bond acceptors (Lipinski definition) is 2. The van der Waals surface area contributed by atoms with E-state index in [2.05, 4.69) is 0 Å². The first-order chi connectivity index (χ1) is 5.72. The number of benzene rings is 1. The Balaban J connectivity index is 0.00000144. The molecule has 1 aromatic carbocycles. The van der Waals surface area contributed by atoms with Crippen molar-refractivity contribution in [2.45, 2.75) is 13.0 Å². The first kappa shape index (κ1) is 12.2. The third kappa shape index (κ3) is 4.10. The molecule has 1 unspecified atom stereocenters. The van der Waals surface area contributed by atoms with E-state index in [0.29, 0.717) is 12.3 Å². The Labute approximate surface area is 83.3 Å². The minimum atomic E-state index is -0.261. The van der Waals surface area contributed by atoms with Crippen LogP contribution in [-0.2, 0) is 0 Å². The smallest absolute Gasteiger partial charge is 0.123 e. The highest BCUT2D eigenvalue weighted by Gasteiger charge is 2.00. The molecule has 2 nitrogen and oxygen atoms in total. The van der Waals surface area contributed by atoms with Gasteiger partial charge in [-0.15, -0.1) is 0 Å². The molecular formula is C9H12ClFNO-. The summed E-state index contributed by atoms with van der Waals surface area (Å²) in [7, 11) is 0. The van der Waals surface area contributed by atoms with Gasteiger partial charge in [-0.3, -0.25) is 0 Å². The number of hydrogen-bond donors (Lipinski definition) is 1. The zero-order valence-corrected chi connectivity index (χ0v) is 8.09. The lowest BCUT2D eigenvalue weighted by molar-refractivity contribution is -0.00000414. The third-order valence-electron chi connectivity index (χ3n) is 1.48. The molecule has 0 saturated carbocycles. The van der Waals surface area contributed by atoms with Crippen molar-refractivity contribution in [2.75, 3.05) is 6.54 Å². The lowest BCUT2D eigenvalue weighted by atomic mass is 10.3. The Bertz CT molecular complexity index is 240. The first-order valence-electron chi connectivity index (χ1n) is 3.84. The van der Waals surface area contributed by atoms with E-state index in [4.69, 9.17) is 10.5 Å². The topological polar surface area (TPSA) is 35.2 Å². The van der Waals surface area contributed by atoms with E-state index in [9.17, 15) is 4.39 Å². The second-order valence-corrected chi connectivity index (χ2v) is 2.62. The maximum atomic E-state index is 12.4. The minimum absolute atomic E-state index is 0. The van der Waals surface area contributed by atoms with Crippen LogP contribution >= 0.6 is 0 Å². The molecule has 1 aromatic rings. The van der Waals surface area contributed by atoms with Crippen molar-refractivity contribution in [3.63, 3.8) is 0 Å². The molecule has 74 valence electrons. The van der Waals surface area contributed by atoms with Crippen molar-refractivity contribution < 1.29 is 21.5 Å². The molecule has 0 aliphatic carbocycles. The lowest BCUT2D eigenvalue weighted by Crippen LogP contribution is -3.00. The Kier molecular flexibility index (Phi) is 5.42. The molecular weight excluding hydrogens is 193 g/mol. The van der Waals surface area contributed by atoms with Gasteiger partial charge in [-0.1, -0.05) is 0 Å². The Morgan fingerprint density at radius 3 is 2.38 bits per heavy atom.